The maximum atomic E-state index is 12.2. The fourth-order valence-electron chi connectivity index (χ4n) is 1.92. The Balaban J connectivity index is 2.85. The summed E-state index contributed by atoms with van der Waals surface area (Å²) in [6.07, 6.45) is 1.80. The number of carbonyl (C=O) groups excluding carboxylic acids is 1. The number of amides is 2. The minimum absolute atomic E-state index is 0.147. The van der Waals surface area contributed by atoms with Crippen LogP contribution in [0.15, 0.2) is 12.4 Å². The van der Waals surface area contributed by atoms with Crippen molar-refractivity contribution >= 4 is 23.8 Å². The second kappa shape index (κ2) is 7.12. The van der Waals surface area contributed by atoms with Crippen molar-refractivity contribution in [2.45, 2.75) is 58.6 Å². The van der Waals surface area contributed by atoms with E-state index >= 15 is 0 Å². The quantitative estimate of drug-likeness (QED) is 0.837. The normalized spacial score (nSPS) is 11.9. The Labute approximate surface area is 140 Å². The van der Waals surface area contributed by atoms with Gasteiger partial charge in [0.05, 0.1) is 5.54 Å². The summed E-state index contributed by atoms with van der Waals surface area (Å²) >= 11 is 5.63. The Hall–Kier alpha value is -1.89. The van der Waals surface area contributed by atoms with E-state index in [4.69, 9.17) is 16.3 Å². The van der Waals surface area contributed by atoms with Gasteiger partial charge in [-0.05, 0) is 64.6 Å². The second-order valence-electron chi connectivity index (χ2n) is 6.77. The molecule has 1 N–H and O–H groups in total. The fraction of sp³-hybridized carbons (Fsp3) is 0.600. The number of nitrogens with zero attached hydrogens (tertiary/aromatic N) is 3. The SMILES string of the molecule is CC(C)(C)OC(=O)N(C(=O)O)C(C)(C)CCc1cnc(Cl)nc1. The molecule has 0 aromatic carbocycles. The average Bonchev–Trinajstić information content (AvgIpc) is 2.35. The lowest BCUT2D eigenvalue weighted by molar-refractivity contribution is 0.00661. The number of aryl methyl sites for hydroxylation is 1. The molecule has 1 aromatic rings. The van der Waals surface area contributed by atoms with Gasteiger partial charge >= 0.3 is 12.2 Å². The number of ether oxygens (including phenoxy) is 1. The third-order valence-corrected chi connectivity index (χ3v) is 3.27. The standard InChI is InChI=1S/C15H22ClN3O4/c1-14(2,3)23-13(22)19(12(20)21)15(4,5)7-6-10-8-17-11(16)18-9-10/h8-9H,6-7H2,1-5H3,(H,20,21). The molecule has 0 saturated carbocycles. The van der Waals surface area contributed by atoms with Crippen molar-refractivity contribution in [1.29, 1.82) is 0 Å². The van der Waals surface area contributed by atoms with E-state index in [9.17, 15) is 14.7 Å². The summed E-state index contributed by atoms with van der Waals surface area (Å²) in [5.41, 5.74) is -0.921. The lowest BCUT2D eigenvalue weighted by atomic mass is 9.94. The summed E-state index contributed by atoms with van der Waals surface area (Å²) in [4.78, 5) is 32.2. The molecule has 0 bridgehead atoms. The van der Waals surface area contributed by atoms with Crippen LogP contribution in [-0.4, -0.2) is 43.3 Å². The van der Waals surface area contributed by atoms with Crippen LogP contribution >= 0.6 is 11.6 Å². The van der Waals surface area contributed by atoms with Crippen molar-refractivity contribution in [2.24, 2.45) is 0 Å². The van der Waals surface area contributed by atoms with E-state index in [1.165, 1.54) is 0 Å². The van der Waals surface area contributed by atoms with Crippen LogP contribution < -0.4 is 0 Å². The van der Waals surface area contributed by atoms with Gasteiger partial charge in [-0.25, -0.2) is 24.5 Å². The van der Waals surface area contributed by atoms with Crippen molar-refractivity contribution in [2.75, 3.05) is 0 Å². The first-order valence-corrected chi connectivity index (χ1v) is 7.53. The van der Waals surface area contributed by atoms with Gasteiger partial charge in [-0.2, -0.15) is 0 Å². The van der Waals surface area contributed by atoms with Crippen LogP contribution in [0.5, 0.6) is 0 Å². The number of imide groups is 1. The molecule has 0 atom stereocenters. The van der Waals surface area contributed by atoms with Crippen LogP contribution in [-0.2, 0) is 11.2 Å². The number of hydrogen-bond donors (Lipinski definition) is 1. The van der Waals surface area contributed by atoms with Gasteiger partial charge in [0.25, 0.3) is 0 Å². The van der Waals surface area contributed by atoms with Crippen molar-refractivity contribution in [3.05, 3.63) is 23.2 Å². The zero-order valence-corrected chi connectivity index (χ0v) is 14.7. The summed E-state index contributed by atoms with van der Waals surface area (Å²) in [5, 5.41) is 9.54. The van der Waals surface area contributed by atoms with Gasteiger partial charge < -0.3 is 9.84 Å². The molecule has 8 heteroatoms. The molecule has 0 unspecified atom stereocenters. The Bertz CT molecular complexity index is 567. The van der Waals surface area contributed by atoms with Crippen molar-refractivity contribution in [3.63, 3.8) is 0 Å². The highest BCUT2D eigenvalue weighted by atomic mass is 35.5. The Morgan fingerprint density at radius 2 is 1.74 bits per heavy atom. The minimum Gasteiger partial charge on any atom is -0.465 e. The third kappa shape index (κ3) is 6.02. The molecule has 0 radical (unpaired) electrons. The van der Waals surface area contributed by atoms with Gasteiger partial charge in [0.1, 0.15) is 5.60 Å². The number of carboxylic acid groups (broad SMARTS) is 1. The Kier molecular flexibility index (Phi) is 5.93. The van der Waals surface area contributed by atoms with Crippen molar-refractivity contribution < 1.29 is 19.4 Å². The van der Waals surface area contributed by atoms with Crippen LogP contribution in [0.2, 0.25) is 5.28 Å². The highest BCUT2D eigenvalue weighted by molar-refractivity contribution is 6.28. The van der Waals surface area contributed by atoms with Crippen LogP contribution in [0.1, 0.15) is 46.6 Å². The first-order chi connectivity index (χ1) is 10.4. The van der Waals surface area contributed by atoms with E-state index < -0.39 is 23.3 Å². The molecule has 23 heavy (non-hydrogen) atoms. The van der Waals surface area contributed by atoms with Crippen LogP contribution in [0.4, 0.5) is 9.59 Å². The zero-order chi connectivity index (χ0) is 17.8. The fourth-order valence-corrected chi connectivity index (χ4v) is 2.02. The molecule has 0 spiro atoms. The molecular weight excluding hydrogens is 322 g/mol. The molecule has 1 rings (SSSR count). The maximum Gasteiger partial charge on any atom is 0.420 e. The number of carbonyl (C=O) groups is 2. The molecule has 1 heterocycles. The summed E-state index contributed by atoms with van der Waals surface area (Å²) < 4.78 is 5.18. The molecule has 1 aromatic heterocycles. The van der Waals surface area contributed by atoms with E-state index in [1.807, 2.05) is 0 Å². The molecule has 0 fully saturated rings. The smallest absolute Gasteiger partial charge is 0.420 e. The average molecular weight is 344 g/mol. The molecule has 2 amide bonds. The Morgan fingerprint density at radius 1 is 1.22 bits per heavy atom. The van der Waals surface area contributed by atoms with E-state index in [0.29, 0.717) is 12.8 Å². The van der Waals surface area contributed by atoms with Crippen LogP contribution in [0.3, 0.4) is 0 Å². The van der Waals surface area contributed by atoms with E-state index in [1.54, 1.807) is 47.0 Å². The summed E-state index contributed by atoms with van der Waals surface area (Å²) in [6.45, 7) is 8.39. The predicted octanol–water partition coefficient (Wildman–Crippen LogP) is 3.76. The molecule has 128 valence electrons. The monoisotopic (exact) mass is 343 g/mol. The van der Waals surface area contributed by atoms with Crippen LogP contribution in [0, 0.1) is 0 Å². The molecule has 7 nitrogen and oxygen atoms in total. The molecule has 0 aliphatic carbocycles. The lowest BCUT2D eigenvalue weighted by Gasteiger charge is -2.35. The number of rotatable bonds is 4. The van der Waals surface area contributed by atoms with Gasteiger partial charge in [0.15, 0.2) is 0 Å². The molecule has 0 saturated heterocycles. The van der Waals surface area contributed by atoms with E-state index in [-0.39, 0.29) is 5.28 Å². The number of aromatic nitrogens is 2. The Morgan fingerprint density at radius 3 is 2.17 bits per heavy atom. The van der Waals surface area contributed by atoms with Crippen LogP contribution in [0.25, 0.3) is 0 Å². The first-order valence-electron chi connectivity index (χ1n) is 7.15. The highest BCUT2D eigenvalue weighted by Crippen LogP contribution is 2.24. The van der Waals surface area contributed by atoms with Crippen molar-refractivity contribution in [1.82, 2.24) is 14.9 Å². The van der Waals surface area contributed by atoms with Crippen molar-refractivity contribution in [3.8, 4) is 0 Å². The summed E-state index contributed by atoms with van der Waals surface area (Å²) in [7, 11) is 0. The minimum atomic E-state index is -1.35. The van der Waals surface area contributed by atoms with Gasteiger partial charge in [-0.15, -0.1) is 0 Å². The number of hydrogen-bond acceptors (Lipinski definition) is 5. The highest BCUT2D eigenvalue weighted by Gasteiger charge is 2.38. The summed E-state index contributed by atoms with van der Waals surface area (Å²) in [6, 6.07) is 0. The van der Waals surface area contributed by atoms with Gasteiger partial charge in [-0.3, -0.25) is 0 Å². The third-order valence-electron chi connectivity index (χ3n) is 3.07. The summed E-state index contributed by atoms with van der Waals surface area (Å²) in [5.74, 6) is 0. The molecule has 0 aliphatic rings. The van der Waals surface area contributed by atoms with Gasteiger partial charge in [-0.1, -0.05) is 0 Å². The van der Waals surface area contributed by atoms with E-state index in [2.05, 4.69) is 9.97 Å². The topological polar surface area (TPSA) is 92.6 Å². The largest absolute Gasteiger partial charge is 0.465 e. The second-order valence-corrected chi connectivity index (χ2v) is 7.11. The predicted molar refractivity (Wildman–Crippen MR) is 85.5 cm³/mol. The zero-order valence-electron chi connectivity index (χ0n) is 14.0. The van der Waals surface area contributed by atoms with Gasteiger partial charge in [0, 0.05) is 12.4 Å². The maximum absolute atomic E-state index is 12.2. The van der Waals surface area contributed by atoms with E-state index in [0.717, 1.165) is 10.5 Å². The molecular formula is C15H22ClN3O4. The number of halogens is 1. The first kappa shape index (κ1) is 19.2. The lowest BCUT2D eigenvalue weighted by Crippen LogP contribution is -2.52. The molecule has 0 aliphatic heterocycles. The van der Waals surface area contributed by atoms with Gasteiger partial charge in [0.2, 0.25) is 5.28 Å².